The Morgan fingerprint density at radius 3 is 2.67 bits per heavy atom. The normalized spacial score (nSPS) is 11.6. The Morgan fingerprint density at radius 2 is 2.11 bits per heavy atom. The molecule has 0 saturated heterocycles. The van der Waals surface area contributed by atoms with Crippen molar-refractivity contribution in [2.75, 3.05) is 13.7 Å². The van der Waals surface area contributed by atoms with Gasteiger partial charge in [-0.2, -0.15) is 0 Å². The molecular formula is C12H21N3O3. The van der Waals surface area contributed by atoms with Gasteiger partial charge in [0.05, 0.1) is 17.9 Å². The highest BCUT2D eigenvalue weighted by Crippen LogP contribution is 2.15. The first-order valence-electron chi connectivity index (χ1n) is 6.03. The Bertz CT molecular complexity index is 413. The average molecular weight is 255 g/mol. The maximum Gasteiger partial charge on any atom is 0.360 e. The summed E-state index contributed by atoms with van der Waals surface area (Å²) in [4.78, 5) is 11.6. The lowest BCUT2D eigenvalue weighted by Gasteiger charge is -2.22. The van der Waals surface area contributed by atoms with Gasteiger partial charge in [0.15, 0.2) is 5.69 Å². The molecule has 0 atom stereocenters. The molecule has 18 heavy (non-hydrogen) atoms. The molecule has 6 nitrogen and oxygen atoms in total. The molecule has 0 bridgehead atoms. The Labute approximate surface area is 107 Å². The average Bonchev–Trinajstić information content (AvgIpc) is 2.69. The predicted octanol–water partition coefficient (Wildman–Crippen LogP) is 1.58. The number of aromatic nitrogens is 3. The van der Waals surface area contributed by atoms with Crippen molar-refractivity contribution in [2.24, 2.45) is 0 Å². The Morgan fingerprint density at radius 1 is 1.44 bits per heavy atom. The van der Waals surface area contributed by atoms with E-state index >= 15 is 0 Å². The third kappa shape index (κ3) is 3.53. The van der Waals surface area contributed by atoms with Crippen LogP contribution in [0.15, 0.2) is 0 Å². The Balaban J connectivity index is 2.72. The van der Waals surface area contributed by atoms with Gasteiger partial charge in [0.25, 0.3) is 0 Å². The molecular weight excluding hydrogens is 234 g/mol. The molecule has 102 valence electrons. The zero-order valence-electron chi connectivity index (χ0n) is 11.7. The molecule has 0 N–H and O–H groups in total. The number of rotatable bonds is 6. The van der Waals surface area contributed by atoms with E-state index < -0.39 is 5.97 Å². The van der Waals surface area contributed by atoms with Crippen molar-refractivity contribution in [1.29, 1.82) is 0 Å². The third-order valence-electron chi connectivity index (χ3n) is 2.93. The van der Waals surface area contributed by atoms with Crippen LogP contribution in [0.2, 0.25) is 0 Å². The summed E-state index contributed by atoms with van der Waals surface area (Å²) in [5, 5.41) is 7.83. The minimum atomic E-state index is -0.424. The van der Waals surface area contributed by atoms with Crippen molar-refractivity contribution in [3.8, 4) is 0 Å². The predicted molar refractivity (Wildman–Crippen MR) is 66.4 cm³/mol. The van der Waals surface area contributed by atoms with Crippen molar-refractivity contribution in [3.05, 3.63) is 11.4 Å². The lowest BCUT2D eigenvalue weighted by Crippen LogP contribution is -2.25. The molecule has 1 aromatic heterocycles. The van der Waals surface area contributed by atoms with Crippen LogP contribution in [0.5, 0.6) is 0 Å². The lowest BCUT2D eigenvalue weighted by molar-refractivity contribution is 0.0111. The van der Waals surface area contributed by atoms with Gasteiger partial charge in [-0.15, -0.1) is 5.10 Å². The van der Waals surface area contributed by atoms with Crippen LogP contribution in [-0.2, 0) is 16.0 Å². The van der Waals surface area contributed by atoms with Crippen molar-refractivity contribution in [2.45, 2.75) is 46.3 Å². The van der Waals surface area contributed by atoms with Crippen molar-refractivity contribution < 1.29 is 14.3 Å². The SMILES string of the molecule is CCOC(=O)c1nnn(CCC(C)(C)OC)c1C. The fourth-order valence-corrected chi connectivity index (χ4v) is 1.44. The molecule has 0 radical (unpaired) electrons. The highest BCUT2D eigenvalue weighted by molar-refractivity contribution is 5.88. The van der Waals surface area contributed by atoms with E-state index in [0.29, 0.717) is 13.2 Å². The summed E-state index contributed by atoms with van der Waals surface area (Å²) in [6, 6.07) is 0. The molecule has 0 aromatic carbocycles. The molecule has 6 heteroatoms. The molecule has 1 rings (SSSR count). The van der Waals surface area contributed by atoms with Gasteiger partial charge in [-0.05, 0) is 34.1 Å². The van der Waals surface area contributed by atoms with Crippen LogP contribution in [0.3, 0.4) is 0 Å². The van der Waals surface area contributed by atoms with Crippen LogP contribution in [0, 0.1) is 6.92 Å². The first-order chi connectivity index (χ1) is 8.41. The van der Waals surface area contributed by atoms with Gasteiger partial charge >= 0.3 is 5.97 Å². The number of carbonyl (C=O) groups excluding carboxylic acids is 1. The van der Waals surface area contributed by atoms with E-state index in [2.05, 4.69) is 10.3 Å². The van der Waals surface area contributed by atoms with Crippen molar-refractivity contribution >= 4 is 5.97 Å². The highest BCUT2D eigenvalue weighted by atomic mass is 16.5. The molecule has 0 saturated carbocycles. The highest BCUT2D eigenvalue weighted by Gasteiger charge is 2.20. The van der Waals surface area contributed by atoms with E-state index in [4.69, 9.17) is 9.47 Å². The first-order valence-corrected chi connectivity index (χ1v) is 6.03. The number of hydrogen-bond donors (Lipinski definition) is 0. The minimum Gasteiger partial charge on any atom is -0.461 e. The maximum absolute atomic E-state index is 11.6. The van der Waals surface area contributed by atoms with Crippen molar-refractivity contribution in [1.82, 2.24) is 15.0 Å². The summed E-state index contributed by atoms with van der Waals surface area (Å²) in [5.74, 6) is -0.424. The van der Waals surface area contributed by atoms with Crippen molar-refractivity contribution in [3.63, 3.8) is 0 Å². The summed E-state index contributed by atoms with van der Waals surface area (Å²) in [5.41, 5.74) is 0.787. The number of hydrogen-bond acceptors (Lipinski definition) is 5. The molecule has 0 spiro atoms. The van der Waals surface area contributed by atoms with Gasteiger partial charge in [-0.1, -0.05) is 5.21 Å². The summed E-state index contributed by atoms with van der Waals surface area (Å²) in [6.45, 7) is 8.57. The van der Waals surface area contributed by atoms with Gasteiger partial charge in [-0.25, -0.2) is 9.48 Å². The van der Waals surface area contributed by atoms with E-state index in [9.17, 15) is 4.79 Å². The zero-order valence-corrected chi connectivity index (χ0v) is 11.7. The quantitative estimate of drug-likeness (QED) is 0.722. The number of esters is 1. The molecule has 0 amide bonds. The second-order valence-electron chi connectivity index (χ2n) is 4.68. The van der Waals surface area contributed by atoms with Crippen LogP contribution < -0.4 is 0 Å². The van der Waals surface area contributed by atoms with Gasteiger partial charge in [0.1, 0.15) is 0 Å². The molecule has 0 unspecified atom stereocenters. The van der Waals surface area contributed by atoms with Gasteiger partial charge in [0, 0.05) is 13.7 Å². The van der Waals surface area contributed by atoms with E-state index in [1.165, 1.54) is 0 Å². The number of carbonyl (C=O) groups is 1. The summed E-state index contributed by atoms with van der Waals surface area (Å²) in [7, 11) is 1.68. The fraction of sp³-hybridized carbons (Fsp3) is 0.750. The number of aryl methyl sites for hydroxylation is 1. The third-order valence-corrected chi connectivity index (χ3v) is 2.93. The molecule has 1 heterocycles. The van der Waals surface area contributed by atoms with E-state index in [-0.39, 0.29) is 11.3 Å². The number of nitrogens with zero attached hydrogens (tertiary/aromatic N) is 3. The first kappa shape index (κ1) is 14.6. The zero-order chi connectivity index (χ0) is 13.8. The van der Waals surface area contributed by atoms with Crippen LogP contribution in [-0.4, -0.2) is 40.3 Å². The second kappa shape index (κ2) is 5.95. The van der Waals surface area contributed by atoms with Gasteiger partial charge in [0.2, 0.25) is 0 Å². The van der Waals surface area contributed by atoms with Crippen LogP contribution in [0.4, 0.5) is 0 Å². The summed E-state index contributed by atoms with van der Waals surface area (Å²) >= 11 is 0. The summed E-state index contributed by atoms with van der Waals surface area (Å²) < 4.78 is 11.9. The number of ether oxygens (including phenoxy) is 2. The van der Waals surface area contributed by atoms with E-state index in [1.54, 1.807) is 18.7 Å². The van der Waals surface area contributed by atoms with Gasteiger partial charge in [-0.3, -0.25) is 0 Å². The molecule has 0 aliphatic carbocycles. The number of methoxy groups -OCH3 is 1. The largest absolute Gasteiger partial charge is 0.461 e. The molecule has 0 aliphatic rings. The van der Waals surface area contributed by atoms with Gasteiger partial charge < -0.3 is 9.47 Å². The monoisotopic (exact) mass is 255 g/mol. The molecule has 0 aliphatic heterocycles. The lowest BCUT2D eigenvalue weighted by atomic mass is 10.1. The second-order valence-corrected chi connectivity index (χ2v) is 4.68. The van der Waals surface area contributed by atoms with E-state index in [1.807, 2.05) is 20.8 Å². The summed E-state index contributed by atoms with van der Waals surface area (Å²) in [6.07, 6.45) is 0.788. The van der Waals surface area contributed by atoms with Crippen LogP contribution in [0.1, 0.15) is 43.4 Å². The molecule has 0 fully saturated rings. The van der Waals surface area contributed by atoms with E-state index in [0.717, 1.165) is 12.1 Å². The minimum absolute atomic E-state index is 0.220. The Kier molecular flexibility index (Phi) is 4.84. The fourth-order valence-electron chi connectivity index (χ4n) is 1.44. The smallest absolute Gasteiger partial charge is 0.360 e. The maximum atomic E-state index is 11.6. The topological polar surface area (TPSA) is 66.2 Å². The molecule has 1 aromatic rings. The van der Waals surface area contributed by atoms with Crippen LogP contribution in [0.25, 0.3) is 0 Å². The Hall–Kier alpha value is -1.43. The van der Waals surface area contributed by atoms with Crippen LogP contribution >= 0.6 is 0 Å². The standard InChI is InChI=1S/C12H21N3O3/c1-6-18-11(16)10-9(2)15(14-13-10)8-7-12(3,4)17-5/h6-8H2,1-5H3.